The van der Waals surface area contributed by atoms with Gasteiger partial charge in [-0.15, -0.1) is 0 Å². The fourth-order valence-corrected chi connectivity index (χ4v) is 12.9. The monoisotopic (exact) mass is 1580 g/mol. The van der Waals surface area contributed by atoms with Crippen LogP contribution in [-0.4, -0.2) is 144 Å². The van der Waals surface area contributed by atoms with E-state index in [2.05, 4.69) is 115 Å². The third-order valence-electron chi connectivity index (χ3n) is 18.2. The van der Waals surface area contributed by atoms with Crippen molar-refractivity contribution >= 4 is 138 Å². The largest absolute Gasteiger partial charge is 0.369 e. The Kier molecular flexibility index (Phi) is 25.7. The Hall–Kier alpha value is -15.2. The number of allylic oxidation sites excluding steroid dienone is 6. The van der Waals surface area contributed by atoms with Crippen LogP contribution < -0.4 is 102 Å². The normalized spacial score (nSPS) is 12.6. The van der Waals surface area contributed by atoms with Crippen molar-refractivity contribution < 1.29 is 9.15 Å². The van der Waals surface area contributed by atoms with E-state index in [1.807, 2.05) is 111 Å². The van der Waals surface area contributed by atoms with Crippen molar-refractivity contribution in [2.45, 2.75) is 114 Å². The summed E-state index contributed by atoms with van der Waals surface area (Å²) < 4.78 is 9.08. The molecule has 15 heterocycles. The molecule has 115 heavy (non-hydrogen) atoms. The summed E-state index contributed by atoms with van der Waals surface area (Å²) in [4.78, 5) is 164. The maximum atomic E-state index is 11.5. The molecule has 28 N–H and O–H groups in total. The van der Waals surface area contributed by atoms with E-state index in [0.717, 1.165) is 93.0 Å². The van der Waals surface area contributed by atoms with Gasteiger partial charge in [-0.1, -0.05) is 45.9 Å². The molecule has 602 valence electrons. The van der Waals surface area contributed by atoms with Crippen molar-refractivity contribution in [2.24, 2.45) is 14.1 Å². The zero-order valence-corrected chi connectivity index (χ0v) is 64.3. The number of aromatic nitrogens is 22. The number of nitrogens with zero attached hydrogens (tertiary/aromatic N) is 14. The molecule has 42 nitrogen and oxygen atoms in total. The van der Waals surface area contributed by atoms with Crippen LogP contribution in [0.15, 0.2) is 92.2 Å². The molecule has 0 radical (unpaired) electrons. The summed E-state index contributed by atoms with van der Waals surface area (Å²) in [6, 6.07) is 1.76. The van der Waals surface area contributed by atoms with Crippen molar-refractivity contribution in [3.63, 3.8) is 0 Å². The van der Waals surface area contributed by atoms with Crippen LogP contribution in [-0.2, 0) is 52.7 Å². The van der Waals surface area contributed by atoms with Crippen LogP contribution >= 0.6 is 0 Å². The van der Waals surface area contributed by atoms with Crippen LogP contribution in [0.1, 0.15) is 116 Å². The topological polar surface area (TPSA) is 683 Å². The van der Waals surface area contributed by atoms with Gasteiger partial charge in [-0.05, 0) is 116 Å². The molecule has 5 aliphatic rings. The lowest BCUT2D eigenvalue weighted by molar-refractivity contribution is -0.401. The third kappa shape index (κ3) is 18.8. The number of aromatic amines is 10. The lowest BCUT2D eigenvalue weighted by atomic mass is 10.1. The lowest BCUT2D eigenvalue weighted by Gasteiger charge is -2.03. The molecule has 0 aromatic carbocycles. The fourth-order valence-electron chi connectivity index (χ4n) is 12.9. The number of hydrogen-bond acceptors (Lipinski definition) is 27. The van der Waals surface area contributed by atoms with Gasteiger partial charge in [0.1, 0.15) is 39.1 Å². The van der Waals surface area contributed by atoms with Gasteiger partial charge < -0.3 is 70.3 Å². The molecule has 0 atom stereocenters. The van der Waals surface area contributed by atoms with E-state index in [1.165, 1.54) is 0 Å². The van der Waals surface area contributed by atoms with Gasteiger partial charge in [0.25, 0.3) is 50.0 Å². The number of nitrogens with one attached hydrogen (secondary N) is 10. The Balaban J connectivity index is 0.000000148. The molecule has 18 rings (SSSR count). The maximum absolute atomic E-state index is 11.5. The van der Waals surface area contributed by atoms with Gasteiger partial charge in [0.2, 0.25) is 41.6 Å². The summed E-state index contributed by atoms with van der Waals surface area (Å²) in [5, 5.41) is 1.77. The number of H-pyrrole nitrogens is 10. The Bertz CT molecular complexity index is 6250. The van der Waals surface area contributed by atoms with E-state index in [1.54, 1.807) is 30.5 Å². The first-order valence-electron chi connectivity index (χ1n) is 35.4. The summed E-state index contributed by atoms with van der Waals surface area (Å²) >= 11 is 0. The Morgan fingerprint density at radius 1 is 0.417 bits per heavy atom. The standard InChI is InChI=1S/C10H13N3O.C9H12N4O.2C8H10N4O.2C8H9N3O.3C7H8N4O.CH4/c1-2-3-6-4-5-7-8(6)12-10(11)13-9(7)14;1-2-4-13-5-3-6-7(13)11-9(10)12-8(6)14;1-4-3-12(2)6-5(4)10-8(9)11-7(6)13;1-4-3-12(2)6-5(4)7(13)11-8(9)10-6;2*1-4-2-3-5-6(4)10-8(9)11-7(5)12;2*1-11-3-2-4-5(11)9-7(8)10-6(4)12;1-3-2-9-5-4(3)6(12)11-7(8)10-5;/h4H,2-3,5H2,1H3,(H3,11,12,13,14);3,5H,2,4H2,1H3,(H3,10,11,12,14);2*3H,1-2H3,(H3,9,10,11,13);2*2H,3H2,1H3,(H3,9,10,11,12);2*3H,2H2,1H3,(H2-,8,9,10,12);2H,1H3,(H4,8,9,10,11,12);1H4/p+2. The van der Waals surface area contributed by atoms with E-state index in [-0.39, 0.29) is 111 Å². The van der Waals surface area contributed by atoms with Gasteiger partial charge in [0, 0.05) is 75.0 Å². The fraction of sp³-hybridized carbons (Fsp3) is 0.288. The predicted molar refractivity (Wildman–Crippen MR) is 447 cm³/mol. The van der Waals surface area contributed by atoms with Crippen molar-refractivity contribution in [1.82, 2.24) is 108 Å². The lowest BCUT2D eigenvalue weighted by Crippen LogP contribution is -2.16. The second-order valence-electron chi connectivity index (χ2n) is 26.7. The van der Waals surface area contributed by atoms with Gasteiger partial charge >= 0.3 is 23.5 Å². The van der Waals surface area contributed by atoms with E-state index in [4.69, 9.17) is 51.6 Å². The van der Waals surface area contributed by atoms with Crippen LogP contribution in [0.4, 0.5) is 65.2 Å². The van der Waals surface area contributed by atoms with Gasteiger partial charge in [-0.25, -0.2) is 29.1 Å². The van der Waals surface area contributed by atoms with E-state index in [9.17, 15) is 43.2 Å². The average molecular weight is 1580 g/mol. The smallest absolute Gasteiger partial charge is 0.336 e. The molecule has 0 saturated carbocycles. The van der Waals surface area contributed by atoms with Crippen molar-refractivity contribution in [2.75, 3.05) is 65.7 Å². The van der Waals surface area contributed by atoms with Gasteiger partial charge in [-0.3, -0.25) is 88.0 Å². The highest BCUT2D eigenvalue weighted by Gasteiger charge is 2.27. The molecule has 0 amide bonds. The molecule has 0 saturated heterocycles. The second-order valence-corrected chi connectivity index (χ2v) is 26.7. The van der Waals surface area contributed by atoms with Crippen molar-refractivity contribution in [1.29, 1.82) is 0 Å². The minimum atomic E-state index is -0.198. The molecule has 13 aromatic rings. The highest BCUT2D eigenvalue weighted by Crippen LogP contribution is 2.28. The van der Waals surface area contributed by atoms with Crippen LogP contribution in [0.25, 0.3) is 60.9 Å². The minimum Gasteiger partial charge on any atom is -0.369 e. The second kappa shape index (κ2) is 35.2. The third-order valence-corrected chi connectivity index (χ3v) is 18.2. The van der Waals surface area contributed by atoms with Crippen LogP contribution in [0.3, 0.4) is 0 Å². The van der Waals surface area contributed by atoms with Gasteiger partial charge in [-0.2, -0.15) is 15.0 Å². The van der Waals surface area contributed by atoms with Gasteiger partial charge in [0.05, 0.1) is 59.8 Å². The molecule has 13 aromatic heterocycles. The molecular formula is C73H93N33O9+2. The Morgan fingerprint density at radius 2 is 0.826 bits per heavy atom. The molecule has 42 heteroatoms. The van der Waals surface area contributed by atoms with E-state index >= 15 is 0 Å². The van der Waals surface area contributed by atoms with Crippen LogP contribution in [0.5, 0.6) is 0 Å². The number of rotatable bonds is 4. The molecular weight excluding hydrogens is 1480 g/mol. The molecule has 3 aliphatic carbocycles. The van der Waals surface area contributed by atoms with E-state index in [0.29, 0.717) is 99.0 Å². The summed E-state index contributed by atoms with van der Waals surface area (Å²) in [6.45, 7) is 14.5. The average Bonchev–Trinajstić information content (AvgIpc) is 1.64. The zero-order chi connectivity index (χ0) is 83.0. The molecule has 0 fully saturated rings. The summed E-state index contributed by atoms with van der Waals surface area (Å²) in [5.74, 6) is 2.85. The van der Waals surface area contributed by atoms with Crippen molar-refractivity contribution in [3.05, 3.63) is 204 Å². The summed E-state index contributed by atoms with van der Waals surface area (Å²) in [6.07, 6.45) is 23.4. The number of aryl methyl sites for hydroxylation is 6. The van der Waals surface area contributed by atoms with E-state index < -0.39 is 0 Å². The summed E-state index contributed by atoms with van der Waals surface area (Å²) in [5.41, 5.74) is 62.2. The number of nitrogen functional groups attached to an aromatic ring is 9. The summed E-state index contributed by atoms with van der Waals surface area (Å²) in [7, 11) is 7.33. The van der Waals surface area contributed by atoms with Gasteiger partial charge in [0.15, 0.2) is 0 Å². The number of fused-ring (bicyclic) bond motifs is 9. The molecule has 0 unspecified atom stereocenters. The molecule has 0 spiro atoms. The first kappa shape index (κ1) is 83.9. The molecule has 2 aliphatic heterocycles. The predicted octanol–water partition coefficient (Wildman–Crippen LogP) is 2.02. The minimum absolute atomic E-state index is 0. The Labute approximate surface area is 650 Å². The Morgan fingerprint density at radius 3 is 1.34 bits per heavy atom. The number of hydrogen-bond donors (Lipinski definition) is 19. The maximum Gasteiger partial charge on any atom is 0.336 e. The number of nitrogens with two attached hydrogens (primary N) is 9. The highest BCUT2D eigenvalue weighted by molar-refractivity contribution is 5.82. The first-order valence-corrected chi connectivity index (χ1v) is 35.4. The number of anilines is 9. The SMILES string of the molecule is C.CC1=CCc2c1nc(N)[nH]c2=O.CC1=CCc2c1nc(N)[nH]c2=O.CCCC1=CCc2c1nc(N)[nH]c2=O.CCCn1ccc2c(=O)[nH]c(N)nc21.C[N+]1=CCc2c1nc(N)[nH]c2=O.C[N+]1=CCc2c1nc(N)[nH]c2=O.Cc1c[nH]c2nc(N)[nH]c(=O)c12.Cc1cn(C)c2c(=O)[nH]c(N)nc12.Cc1cn(C)c2nc(N)[nH]c(=O)c12. The zero-order valence-electron chi connectivity index (χ0n) is 64.3. The molecule has 0 bridgehead atoms. The van der Waals surface area contributed by atoms with Crippen molar-refractivity contribution in [3.8, 4) is 0 Å². The first-order chi connectivity index (χ1) is 54.0. The highest BCUT2D eigenvalue weighted by atomic mass is 16.2. The van der Waals surface area contributed by atoms with Crippen LogP contribution in [0.2, 0.25) is 0 Å². The van der Waals surface area contributed by atoms with Crippen LogP contribution in [0, 0.1) is 20.8 Å². The quantitative estimate of drug-likeness (QED) is 0.112.